The summed E-state index contributed by atoms with van der Waals surface area (Å²) in [6, 6.07) is 11.5. The molecule has 2 aromatic carbocycles. The van der Waals surface area contributed by atoms with Gasteiger partial charge in [-0.05, 0) is 33.4 Å². The van der Waals surface area contributed by atoms with Crippen molar-refractivity contribution in [1.82, 2.24) is 4.98 Å². The smallest absolute Gasteiger partial charge is 0.156 e. The van der Waals surface area contributed by atoms with E-state index in [9.17, 15) is 5.11 Å². The third-order valence-corrected chi connectivity index (χ3v) is 5.24. The van der Waals surface area contributed by atoms with Crippen LogP contribution < -0.4 is 0 Å². The highest BCUT2D eigenvalue weighted by molar-refractivity contribution is 9.10. The fraction of sp³-hybridized carbons (Fsp3) is 0. The molecule has 2 nitrogen and oxygen atoms in total. The van der Waals surface area contributed by atoms with Gasteiger partial charge in [0, 0.05) is 15.7 Å². The quantitative estimate of drug-likeness (QED) is 0.720. The van der Waals surface area contributed by atoms with Gasteiger partial charge in [0.2, 0.25) is 0 Å². The maximum absolute atomic E-state index is 9.84. The minimum atomic E-state index is 0.315. The Morgan fingerprint density at radius 3 is 2.61 bits per heavy atom. The van der Waals surface area contributed by atoms with Gasteiger partial charge < -0.3 is 5.11 Å². The maximum Gasteiger partial charge on any atom is 0.156 e. The van der Waals surface area contributed by atoms with Crippen LogP contribution in [0.4, 0.5) is 0 Å². The molecule has 0 unspecified atom stereocenters. The number of hydrogen-bond donors (Lipinski definition) is 1. The first kappa shape index (κ1) is 12.0. The number of thiazole rings is 1. The van der Waals surface area contributed by atoms with Gasteiger partial charge in [-0.3, -0.25) is 0 Å². The minimum Gasteiger partial charge on any atom is -0.507 e. The second kappa shape index (κ2) is 4.91. The van der Waals surface area contributed by atoms with Crippen LogP contribution in [0.25, 0.3) is 10.8 Å². The molecule has 3 aromatic rings. The van der Waals surface area contributed by atoms with E-state index in [2.05, 4.69) is 20.9 Å². The molecule has 0 saturated heterocycles. The van der Waals surface area contributed by atoms with E-state index in [0.29, 0.717) is 5.75 Å². The topological polar surface area (TPSA) is 33.1 Å². The number of hydrogen-bond acceptors (Lipinski definition) is 4. The standard InChI is InChI=1S/C13H8BrNOS2/c14-12-7-17-13(15-12)18-11-6-5-10(16)8-3-1-2-4-9(8)11/h1-7,16H. The normalized spacial score (nSPS) is 10.9. The molecule has 0 fully saturated rings. The Kier molecular flexibility index (Phi) is 3.28. The Morgan fingerprint density at radius 2 is 1.89 bits per heavy atom. The minimum absolute atomic E-state index is 0.315. The van der Waals surface area contributed by atoms with E-state index in [1.807, 2.05) is 35.7 Å². The molecule has 90 valence electrons. The summed E-state index contributed by atoms with van der Waals surface area (Å²) in [5.74, 6) is 0.315. The lowest BCUT2D eigenvalue weighted by molar-refractivity contribution is 0.481. The van der Waals surface area contributed by atoms with E-state index in [0.717, 1.165) is 24.6 Å². The van der Waals surface area contributed by atoms with E-state index in [1.165, 1.54) is 0 Å². The predicted molar refractivity (Wildman–Crippen MR) is 79.5 cm³/mol. The molecule has 5 heteroatoms. The maximum atomic E-state index is 9.84. The average Bonchev–Trinajstić information content (AvgIpc) is 2.79. The third kappa shape index (κ3) is 2.25. The van der Waals surface area contributed by atoms with Crippen molar-refractivity contribution in [3.63, 3.8) is 0 Å². The molecule has 3 rings (SSSR count). The van der Waals surface area contributed by atoms with Crippen molar-refractivity contribution in [1.29, 1.82) is 0 Å². The van der Waals surface area contributed by atoms with Gasteiger partial charge in [-0.1, -0.05) is 36.0 Å². The summed E-state index contributed by atoms with van der Waals surface area (Å²) in [5, 5.41) is 13.7. The monoisotopic (exact) mass is 337 g/mol. The Labute approximate surface area is 121 Å². The molecule has 1 heterocycles. The zero-order valence-corrected chi connectivity index (χ0v) is 12.3. The lowest BCUT2D eigenvalue weighted by Crippen LogP contribution is -1.79. The van der Waals surface area contributed by atoms with E-state index < -0.39 is 0 Å². The van der Waals surface area contributed by atoms with Crippen LogP contribution in [-0.4, -0.2) is 10.1 Å². The number of phenolic OH excluding ortho intramolecular Hbond substituents is 1. The van der Waals surface area contributed by atoms with Gasteiger partial charge >= 0.3 is 0 Å². The number of rotatable bonds is 2. The molecule has 0 spiro atoms. The van der Waals surface area contributed by atoms with Gasteiger partial charge in [0.05, 0.1) is 0 Å². The fourth-order valence-corrected chi connectivity index (χ4v) is 4.18. The number of aromatic hydroxyl groups is 1. The number of benzene rings is 2. The highest BCUT2D eigenvalue weighted by Gasteiger charge is 2.08. The molecule has 0 bridgehead atoms. The van der Waals surface area contributed by atoms with E-state index >= 15 is 0 Å². The molecular formula is C13H8BrNOS2. The van der Waals surface area contributed by atoms with Crippen molar-refractivity contribution < 1.29 is 5.11 Å². The van der Waals surface area contributed by atoms with Crippen LogP contribution in [0.3, 0.4) is 0 Å². The van der Waals surface area contributed by atoms with Crippen LogP contribution in [0.2, 0.25) is 0 Å². The van der Waals surface area contributed by atoms with E-state index in [1.54, 1.807) is 29.2 Å². The van der Waals surface area contributed by atoms with Crippen LogP contribution in [0.15, 0.2) is 55.6 Å². The Hall–Kier alpha value is -1.04. The molecule has 0 atom stereocenters. The molecule has 18 heavy (non-hydrogen) atoms. The second-order valence-corrected chi connectivity index (χ2v) is 6.63. The number of nitrogens with zero attached hydrogens (tertiary/aromatic N) is 1. The summed E-state index contributed by atoms with van der Waals surface area (Å²) < 4.78 is 1.84. The van der Waals surface area contributed by atoms with Gasteiger partial charge in [-0.2, -0.15) is 0 Å². The Morgan fingerprint density at radius 1 is 1.11 bits per heavy atom. The lowest BCUT2D eigenvalue weighted by atomic mass is 10.1. The first-order valence-corrected chi connectivity index (χ1v) is 7.72. The van der Waals surface area contributed by atoms with Crippen molar-refractivity contribution in [2.24, 2.45) is 0 Å². The lowest BCUT2D eigenvalue weighted by Gasteiger charge is -2.05. The summed E-state index contributed by atoms with van der Waals surface area (Å²) >= 11 is 6.57. The summed E-state index contributed by atoms with van der Waals surface area (Å²) in [6.45, 7) is 0. The zero-order chi connectivity index (χ0) is 12.5. The van der Waals surface area contributed by atoms with Crippen molar-refractivity contribution in [2.45, 2.75) is 9.24 Å². The van der Waals surface area contributed by atoms with Crippen LogP contribution in [0.1, 0.15) is 0 Å². The van der Waals surface area contributed by atoms with Gasteiger partial charge in [-0.15, -0.1) is 11.3 Å². The first-order valence-electron chi connectivity index (χ1n) is 5.23. The van der Waals surface area contributed by atoms with E-state index in [4.69, 9.17) is 0 Å². The molecule has 0 saturated carbocycles. The molecule has 0 radical (unpaired) electrons. The number of aromatic nitrogens is 1. The molecular weight excluding hydrogens is 330 g/mol. The van der Waals surface area contributed by atoms with Crippen LogP contribution >= 0.6 is 39.0 Å². The number of halogens is 1. The van der Waals surface area contributed by atoms with Crippen LogP contribution in [-0.2, 0) is 0 Å². The van der Waals surface area contributed by atoms with Gasteiger partial charge in [-0.25, -0.2) is 4.98 Å². The molecule has 0 aliphatic carbocycles. The summed E-state index contributed by atoms with van der Waals surface area (Å²) in [4.78, 5) is 5.47. The highest BCUT2D eigenvalue weighted by Crippen LogP contribution is 2.38. The molecule has 0 amide bonds. The zero-order valence-electron chi connectivity index (χ0n) is 9.13. The molecule has 0 aliphatic heterocycles. The van der Waals surface area contributed by atoms with Crippen molar-refractivity contribution in [3.8, 4) is 5.75 Å². The van der Waals surface area contributed by atoms with Crippen molar-refractivity contribution in [3.05, 3.63) is 46.4 Å². The summed E-state index contributed by atoms with van der Waals surface area (Å²) in [5.41, 5.74) is 0. The molecule has 0 aliphatic rings. The SMILES string of the molecule is Oc1ccc(Sc2nc(Br)cs2)c2ccccc12. The summed E-state index contributed by atoms with van der Waals surface area (Å²) in [7, 11) is 0. The summed E-state index contributed by atoms with van der Waals surface area (Å²) in [6.07, 6.45) is 0. The van der Waals surface area contributed by atoms with Crippen molar-refractivity contribution >= 4 is 49.8 Å². The number of phenols is 1. The predicted octanol–water partition coefficient (Wildman–Crippen LogP) is 4.92. The largest absolute Gasteiger partial charge is 0.507 e. The van der Waals surface area contributed by atoms with Crippen LogP contribution in [0, 0.1) is 0 Å². The molecule has 1 aromatic heterocycles. The average molecular weight is 338 g/mol. The van der Waals surface area contributed by atoms with Gasteiger partial charge in [0.15, 0.2) is 4.34 Å². The number of fused-ring (bicyclic) bond motifs is 1. The highest BCUT2D eigenvalue weighted by atomic mass is 79.9. The van der Waals surface area contributed by atoms with Crippen molar-refractivity contribution in [2.75, 3.05) is 0 Å². The van der Waals surface area contributed by atoms with Crippen LogP contribution in [0.5, 0.6) is 5.75 Å². The third-order valence-electron chi connectivity index (χ3n) is 2.51. The Balaban J connectivity index is 2.09. The van der Waals surface area contributed by atoms with E-state index in [-0.39, 0.29) is 0 Å². The Bertz CT molecular complexity index is 711. The fourth-order valence-electron chi connectivity index (χ4n) is 1.72. The van der Waals surface area contributed by atoms with Gasteiger partial charge in [0.1, 0.15) is 10.4 Å². The molecule has 1 N–H and O–H groups in total. The van der Waals surface area contributed by atoms with Gasteiger partial charge in [0.25, 0.3) is 0 Å². The second-order valence-electron chi connectivity index (χ2n) is 3.67. The first-order chi connectivity index (χ1) is 8.74.